The van der Waals surface area contributed by atoms with Crippen molar-refractivity contribution in [3.05, 3.63) is 23.8 Å². The van der Waals surface area contributed by atoms with Crippen molar-refractivity contribution in [1.29, 1.82) is 0 Å². The third kappa shape index (κ3) is 2.79. The van der Waals surface area contributed by atoms with Crippen LogP contribution in [0.1, 0.15) is 12.5 Å². The Bertz CT molecular complexity index is 605. The summed E-state index contributed by atoms with van der Waals surface area (Å²) in [6, 6.07) is 3.48. The van der Waals surface area contributed by atoms with Crippen molar-refractivity contribution in [1.82, 2.24) is 0 Å². The molecule has 16 heavy (non-hydrogen) atoms. The van der Waals surface area contributed by atoms with E-state index >= 15 is 0 Å². The standard InChI is InChI=1S/C8H12N2O4S2/c1-2-6-5-7(15(9,11)12)3-4-8(6)16(10,13)14/h3-5H,2H2,1H3,(H2,9,11,12)(H2,10,13,14). The number of hydrogen-bond donors (Lipinski definition) is 2. The van der Waals surface area contributed by atoms with Gasteiger partial charge in [0.2, 0.25) is 20.0 Å². The molecule has 0 fully saturated rings. The van der Waals surface area contributed by atoms with Gasteiger partial charge >= 0.3 is 0 Å². The number of primary sulfonamides is 2. The Morgan fingerprint density at radius 1 is 1.06 bits per heavy atom. The van der Waals surface area contributed by atoms with Gasteiger partial charge in [0.05, 0.1) is 9.79 Å². The van der Waals surface area contributed by atoms with Crippen LogP contribution in [-0.2, 0) is 26.5 Å². The van der Waals surface area contributed by atoms with Gasteiger partial charge in [-0.2, -0.15) is 0 Å². The summed E-state index contributed by atoms with van der Waals surface area (Å²) < 4.78 is 44.5. The monoisotopic (exact) mass is 264 g/mol. The first kappa shape index (κ1) is 13.1. The highest BCUT2D eigenvalue weighted by Gasteiger charge is 2.16. The molecule has 1 rings (SSSR count). The zero-order chi connectivity index (χ0) is 12.6. The van der Waals surface area contributed by atoms with E-state index in [1.54, 1.807) is 6.92 Å². The zero-order valence-corrected chi connectivity index (χ0v) is 10.2. The predicted octanol–water partition coefficient (Wildman–Crippen LogP) is -0.456. The molecule has 90 valence electrons. The molecule has 0 saturated heterocycles. The molecule has 0 aliphatic rings. The number of nitrogens with two attached hydrogens (primary N) is 2. The number of rotatable bonds is 3. The second-order valence-electron chi connectivity index (χ2n) is 3.21. The molecular weight excluding hydrogens is 252 g/mol. The van der Waals surface area contributed by atoms with Crippen LogP contribution in [0.5, 0.6) is 0 Å². The van der Waals surface area contributed by atoms with E-state index in [-0.39, 0.29) is 9.79 Å². The molecule has 4 N–H and O–H groups in total. The predicted molar refractivity (Wildman–Crippen MR) is 58.6 cm³/mol. The molecule has 0 aliphatic carbocycles. The van der Waals surface area contributed by atoms with Gasteiger partial charge in [-0.3, -0.25) is 0 Å². The van der Waals surface area contributed by atoms with E-state index in [0.29, 0.717) is 12.0 Å². The van der Waals surface area contributed by atoms with Crippen LogP contribution in [0.25, 0.3) is 0 Å². The third-order valence-corrected chi connectivity index (χ3v) is 3.97. The van der Waals surface area contributed by atoms with E-state index < -0.39 is 20.0 Å². The highest BCUT2D eigenvalue weighted by molar-refractivity contribution is 7.89. The summed E-state index contributed by atoms with van der Waals surface area (Å²) in [5.41, 5.74) is 0.328. The summed E-state index contributed by atoms with van der Waals surface area (Å²) in [6.45, 7) is 1.69. The van der Waals surface area contributed by atoms with Gasteiger partial charge in [-0.25, -0.2) is 27.1 Å². The van der Waals surface area contributed by atoms with Gasteiger partial charge in [0.25, 0.3) is 0 Å². The van der Waals surface area contributed by atoms with Crippen LogP contribution in [0.3, 0.4) is 0 Å². The highest BCUT2D eigenvalue weighted by atomic mass is 32.2. The molecule has 0 aromatic heterocycles. The molecule has 0 bridgehead atoms. The van der Waals surface area contributed by atoms with Gasteiger partial charge in [-0.05, 0) is 30.2 Å². The fourth-order valence-corrected chi connectivity index (χ4v) is 2.68. The van der Waals surface area contributed by atoms with Gasteiger partial charge in [-0.15, -0.1) is 0 Å². The lowest BCUT2D eigenvalue weighted by atomic mass is 10.2. The molecule has 0 heterocycles. The minimum absolute atomic E-state index is 0.0811. The molecule has 0 amide bonds. The van der Waals surface area contributed by atoms with Crippen LogP contribution < -0.4 is 10.3 Å². The molecule has 0 aliphatic heterocycles. The highest BCUT2D eigenvalue weighted by Crippen LogP contribution is 2.19. The smallest absolute Gasteiger partial charge is 0.225 e. The van der Waals surface area contributed by atoms with Gasteiger partial charge in [0.15, 0.2) is 0 Å². The first-order valence-corrected chi connectivity index (χ1v) is 7.44. The van der Waals surface area contributed by atoms with E-state index in [1.165, 1.54) is 6.07 Å². The summed E-state index contributed by atoms with van der Waals surface area (Å²) in [5.74, 6) is 0. The van der Waals surface area contributed by atoms with E-state index in [1.807, 2.05) is 0 Å². The largest absolute Gasteiger partial charge is 0.238 e. The van der Waals surface area contributed by atoms with Crippen molar-refractivity contribution in [3.63, 3.8) is 0 Å². The third-order valence-electron chi connectivity index (χ3n) is 2.05. The maximum Gasteiger partial charge on any atom is 0.238 e. The van der Waals surface area contributed by atoms with Crippen LogP contribution in [-0.4, -0.2) is 16.8 Å². The van der Waals surface area contributed by atoms with Crippen molar-refractivity contribution in [2.45, 2.75) is 23.1 Å². The van der Waals surface area contributed by atoms with E-state index in [9.17, 15) is 16.8 Å². The van der Waals surface area contributed by atoms with Crippen LogP contribution in [0.4, 0.5) is 0 Å². The Morgan fingerprint density at radius 3 is 2.00 bits per heavy atom. The van der Waals surface area contributed by atoms with E-state index in [2.05, 4.69) is 0 Å². The second kappa shape index (κ2) is 4.13. The summed E-state index contributed by atoms with van der Waals surface area (Å²) in [4.78, 5) is -0.209. The Hall–Kier alpha value is -0.960. The van der Waals surface area contributed by atoms with Crippen LogP contribution in [0.2, 0.25) is 0 Å². The minimum atomic E-state index is -3.84. The summed E-state index contributed by atoms with van der Waals surface area (Å²) in [5, 5.41) is 9.91. The Labute approximate surface area is 94.4 Å². The molecule has 0 saturated carbocycles. The van der Waals surface area contributed by atoms with Gasteiger partial charge in [0, 0.05) is 0 Å². The first-order chi connectivity index (χ1) is 7.16. The van der Waals surface area contributed by atoms with Gasteiger partial charge in [-0.1, -0.05) is 6.92 Å². The van der Waals surface area contributed by atoms with Crippen molar-refractivity contribution in [2.75, 3.05) is 0 Å². The van der Waals surface area contributed by atoms with Gasteiger partial charge < -0.3 is 0 Å². The van der Waals surface area contributed by atoms with Gasteiger partial charge in [0.1, 0.15) is 0 Å². The first-order valence-electron chi connectivity index (χ1n) is 4.35. The average Bonchev–Trinajstić information content (AvgIpc) is 2.14. The maximum atomic E-state index is 11.2. The van der Waals surface area contributed by atoms with E-state index in [4.69, 9.17) is 10.3 Å². The molecule has 0 radical (unpaired) electrons. The topological polar surface area (TPSA) is 120 Å². The molecule has 0 atom stereocenters. The average molecular weight is 264 g/mol. The molecule has 1 aromatic rings. The molecule has 8 heteroatoms. The van der Waals surface area contributed by atoms with Crippen molar-refractivity contribution in [2.24, 2.45) is 10.3 Å². The Balaban J connectivity index is 3.52. The normalized spacial score (nSPS) is 12.7. The number of hydrogen-bond acceptors (Lipinski definition) is 4. The van der Waals surface area contributed by atoms with Crippen LogP contribution in [0.15, 0.2) is 28.0 Å². The number of benzene rings is 1. The van der Waals surface area contributed by atoms with Crippen molar-refractivity contribution >= 4 is 20.0 Å². The van der Waals surface area contributed by atoms with Crippen LogP contribution >= 0.6 is 0 Å². The zero-order valence-electron chi connectivity index (χ0n) is 8.54. The lowest BCUT2D eigenvalue weighted by Gasteiger charge is -2.07. The van der Waals surface area contributed by atoms with Crippen LogP contribution in [0, 0.1) is 0 Å². The molecule has 6 nitrogen and oxygen atoms in total. The maximum absolute atomic E-state index is 11.2. The quantitative estimate of drug-likeness (QED) is 0.767. The summed E-state index contributed by atoms with van der Waals surface area (Å²) in [7, 11) is -7.68. The lowest BCUT2D eigenvalue weighted by molar-refractivity contribution is 0.592. The SMILES string of the molecule is CCc1cc(S(N)(=O)=O)ccc1S(N)(=O)=O. The van der Waals surface area contributed by atoms with Crippen molar-refractivity contribution < 1.29 is 16.8 Å². The Morgan fingerprint density at radius 2 is 1.62 bits per heavy atom. The number of sulfonamides is 2. The summed E-state index contributed by atoms with van der Waals surface area (Å²) >= 11 is 0. The Kier molecular flexibility index (Phi) is 3.38. The van der Waals surface area contributed by atoms with Crippen molar-refractivity contribution in [3.8, 4) is 0 Å². The number of aryl methyl sites for hydroxylation is 1. The lowest BCUT2D eigenvalue weighted by Crippen LogP contribution is -2.17. The van der Waals surface area contributed by atoms with E-state index in [0.717, 1.165) is 12.1 Å². The summed E-state index contributed by atoms with van der Waals surface area (Å²) in [6.07, 6.45) is 0.342. The fourth-order valence-electron chi connectivity index (χ4n) is 1.29. The molecule has 0 unspecified atom stereocenters. The molecule has 1 aromatic carbocycles. The minimum Gasteiger partial charge on any atom is -0.225 e. The fraction of sp³-hybridized carbons (Fsp3) is 0.250. The molecular formula is C8H12N2O4S2. The second-order valence-corrected chi connectivity index (χ2v) is 6.30. The molecule has 0 spiro atoms.